The Balaban J connectivity index is 3.09. The number of halogens is 1. The third-order valence-electron chi connectivity index (χ3n) is 0.556. The molecule has 0 atom stereocenters. The molecule has 0 saturated heterocycles. The average Bonchev–Trinajstić information content (AvgIpc) is 1.69. The van der Waals surface area contributed by atoms with E-state index in [4.69, 9.17) is 0 Å². The molecule has 0 aromatic carbocycles. The molecule has 0 heterocycles. The fourth-order valence-corrected chi connectivity index (χ4v) is 0.257. The maximum absolute atomic E-state index is 11.1. The van der Waals surface area contributed by atoms with Crippen molar-refractivity contribution in [3.05, 3.63) is 24.6 Å². The summed E-state index contributed by atoms with van der Waals surface area (Å²) in [7, 11) is 0. The summed E-state index contributed by atoms with van der Waals surface area (Å²) < 4.78 is 11.1. The van der Waals surface area contributed by atoms with Gasteiger partial charge in [0.2, 0.25) is 0 Å². The van der Waals surface area contributed by atoms with Crippen LogP contribution in [0.1, 0.15) is 13.3 Å². The molecular weight excluding hydrogens is 91.1 g/mol. The topological polar surface area (TPSA) is 0 Å². The Hall–Kier alpha value is -0.590. The molecule has 40 valence electrons. The van der Waals surface area contributed by atoms with E-state index in [1.807, 2.05) is 13.0 Å². The Bertz CT molecular complexity index is 72.2. The summed E-state index contributed by atoms with van der Waals surface area (Å²) in [4.78, 5) is 0. The first-order valence-electron chi connectivity index (χ1n) is 2.33. The van der Waals surface area contributed by atoms with Gasteiger partial charge in [0, 0.05) is 0 Å². The van der Waals surface area contributed by atoms with E-state index in [-0.39, 0.29) is 0 Å². The highest BCUT2D eigenvalue weighted by Crippen LogP contribution is 1.80. The molecule has 0 unspecified atom stereocenters. The molecule has 0 N–H and O–H groups in total. The van der Waals surface area contributed by atoms with Gasteiger partial charge in [0.05, 0.1) is 6.33 Å². The molecule has 0 aliphatic heterocycles. The summed E-state index contributed by atoms with van der Waals surface area (Å²) in [5, 5.41) is 0. The molecule has 0 spiro atoms. The molecule has 0 aromatic rings. The summed E-state index contributed by atoms with van der Waals surface area (Å²) in [6.45, 7) is 2.00. The zero-order valence-electron chi connectivity index (χ0n) is 4.39. The highest BCUT2D eigenvalue weighted by Gasteiger charge is 1.59. The van der Waals surface area contributed by atoms with Crippen molar-refractivity contribution in [1.82, 2.24) is 0 Å². The van der Waals surface area contributed by atoms with E-state index >= 15 is 0 Å². The van der Waals surface area contributed by atoms with Crippen LogP contribution in [0.15, 0.2) is 24.6 Å². The fraction of sp³-hybridized carbons (Fsp3) is 0.333. The molecule has 0 saturated carbocycles. The molecule has 0 aliphatic carbocycles. The first kappa shape index (κ1) is 6.41. The Kier molecular flexibility index (Phi) is 4.95. The van der Waals surface area contributed by atoms with Crippen LogP contribution in [0.2, 0.25) is 0 Å². The highest BCUT2D eigenvalue weighted by atomic mass is 19.1. The molecule has 0 aromatic heterocycles. The second-order valence-electron chi connectivity index (χ2n) is 1.15. The van der Waals surface area contributed by atoms with Crippen molar-refractivity contribution in [3.8, 4) is 0 Å². The Morgan fingerprint density at radius 1 is 1.43 bits per heavy atom. The minimum absolute atomic E-state index is 0.520. The smallest absolute Gasteiger partial charge is 0.0866 e. The first-order valence-corrected chi connectivity index (χ1v) is 2.33. The third-order valence-corrected chi connectivity index (χ3v) is 0.556. The summed E-state index contributed by atoms with van der Waals surface area (Å²) in [6, 6.07) is 0. The first-order chi connectivity index (χ1) is 3.41. The summed E-state index contributed by atoms with van der Waals surface area (Å²) in [5.41, 5.74) is 0. The van der Waals surface area contributed by atoms with Gasteiger partial charge >= 0.3 is 0 Å². The van der Waals surface area contributed by atoms with Crippen LogP contribution in [0.25, 0.3) is 0 Å². The van der Waals surface area contributed by atoms with Crippen LogP contribution in [0.4, 0.5) is 4.39 Å². The molecule has 0 amide bonds. The van der Waals surface area contributed by atoms with Gasteiger partial charge in [0.1, 0.15) is 0 Å². The van der Waals surface area contributed by atoms with Gasteiger partial charge in [-0.3, -0.25) is 0 Å². The van der Waals surface area contributed by atoms with Crippen LogP contribution in [0.5, 0.6) is 0 Å². The van der Waals surface area contributed by atoms with Gasteiger partial charge < -0.3 is 0 Å². The van der Waals surface area contributed by atoms with Gasteiger partial charge in [-0.05, 0) is 12.5 Å². The van der Waals surface area contributed by atoms with E-state index in [0.29, 0.717) is 6.33 Å². The standard InChI is InChI=1S/C6H9F/c1-2-3-4-5-6-7/h3-6H,2H2,1H3/b4-3-,6-5+. The second-order valence-corrected chi connectivity index (χ2v) is 1.15. The van der Waals surface area contributed by atoms with Crippen LogP contribution in [0, 0.1) is 0 Å². The van der Waals surface area contributed by atoms with Crippen molar-refractivity contribution in [2.24, 2.45) is 0 Å². The monoisotopic (exact) mass is 100 g/mol. The minimum atomic E-state index is 0.520. The SMILES string of the molecule is CC/C=C\C=C\F. The molecular formula is C6H9F. The van der Waals surface area contributed by atoms with E-state index in [1.54, 1.807) is 6.08 Å². The van der Waals surface area contributed by atoms with Crippen molar-refractivity contribution < 1.29 is 4.39 Å². The molecule has 0 rings (SSSR count). The van der Waals surface area contributed by atoms with Crippen molar-refractivity contribution in [3.63, 3.8) is 0 Å². The van der Waals surface area contributed by atoms with Gasteiger partial charge in [-0.1, -0.05) is 19.1 Å². The van der Waals surface area contributed by atoms with Crippen LogP contribution in [-0.2, 0) is 0 Å². The quantitative estimate of drug-likeness (QED) is 0.467. The van der Waals surface area contributed by atoms with E-state index < -0.39 is 0 Å². The lowest BCUT2D eigenvalue weighted by molar-refractivity contribution is 0.721. The van der Waals surface area contributed by atoms with Gasteiger partial charge in [0.25, 0.3) is 0 Å². The predicted molar refractivity (Wildman–Crippen MR) is 29.7 cm³/mol. The Labute approximate surface area is 43.4 Å². The second kappa shape index (κ2) is 5.41. The van der Waals surface area contributed by atoms with E-state index in [0.717, 1.165) is 6.42 Å². The fourth-order valence-electron chi connectivity index (χ4n) is 0.257. The molecule has 0 radical (unpaired) electrons. The number of allylic oxidation sites excluding steroid dienone is 3. The Morgan fingerprint density at radius 3 is 2.57 bits per heavy atom. The lowest BCUT2D eigenvalue weighted by Gasteiger charge is -1.69. The van der Waals surface area contributed by atoms with Crippen LogP contribution < -0.4 is 0 Å². The number of hydrogen-bond donors (Lipinski definition) is 0. The molecule has 1 heteroatoms. The average molecular weight is 100 g/mol. The van der Waals surface area contributed by atoms with Gasteiger partial charge in [-0.25, -0.2) is 4.39 Å². The number of rotatable bonds is 2. The molecule has 0 aliphatic rings. The van der Waals surface area contributed by atoms with Crippen molar-refractivity contribution >= 4 is 0 Å². The van der Waals surface area contributed by atoms with Gasteiger partial charge in [0.15, 0.2) is 0 Å². The zero-order valence-corrected chi connectivity index (χ0v) is 4.39. The summed E-state index contributed by atoms with van der Waals surface area (Å²) in [6.07, 6.45) is 6.41. The van der Waals surface area contributed by atoms with Crippen LogP contribution in [-0.4, -0.2) is 0 Å². The summed E-state index contributed by atoms with van der Waals surface area (Å²) >= 11 is 0. The lowest BCUT2D eigenvalue weighted by Crippen LogP contribution is -1.48. The lowest BCUT2D eigenvalue weighted by atomic mass is 10.4. The maximum Gasteiger partial charge on any atom is 0.0866 e. The number of hydrogen-bond acceptors (Lipinski definition) is 0. The van der Waals surface area contributed by atoms with Gasteiger partial charge in [-0.2, -0.15) is 0 Å². The predicted octanol–water partition coefficient (Wildman–Crippen LogP) is 2.44. The van der Waals surface area contributed by atoms with Crippen molar-refractivity contribution in [2.75, 3.05) is 0 Å². The molecule has 0 fully saturated rings. The Morgan fingerprint density at radius 2 is 2.14 bits per heavy atom. The van der Waals surface area contributed by atoms with Gasteiger partial charge in [-0.15, -0.1) is 0 Å². The minimum Gasteiger partial charge on any atom is -0.216 e. The molecule has 0 bridgehead atoms. The van der Waals surface area contributed by atoms with Crippen molar-refractivity contribution in [1.29, 1.82) is 0 Å². The van der Waals surface area contributed by atoms with Crippen molar-refractivity contribution in [2.45, 2.75) is 13.3 Å². The van der Waals surface area contributed by atoms with E-state index in [9.17, 15) is 4.39 Å². The zero-order chi connectivity index (χ0) is 5.54. The third kappa shape index (κ3) is 5.41. The van der Waals surface area contributed by atoms with E-state index in [1.165, 1.54) is 6.08 Å². The highest BCUT2D eigenvalue weighted by molar-refractivity contribution is 4.98. The molecule has 7 heavy (non-hydrogen) atoms. The van der Waals surface area contributed by atoms with Crippen LogP contribution in [0.3, 0.4) is 0 Å². The largest absolute Gasteiger partial charge is 0.216 e. The molecule has 0 nitrogen and oxygen atoms in total. The van der Waals surface area contributed by atoms with E-state index in [2.05, 4.69) is 0 Å². The van der Waals surface area contributed by atoms with Crippen LogP contribution >= 0.6 is 0 Å². The normalized spacial score (nSPS) is 11.7. The maximum atomic E-state index is 11.1. The summed E-state index contributed by atoms with van der Waals surface area (Å²) in [5.74, 6) is 0.